The first kappa shape index (κ1) is 14.7. The van der Waals surface area contributed by atoms with Gasteiger partial charge in [0.05, 0.1) is 17.3 Å². The van der Waals surface area contributed by atoms with E-state index >= 15 is 0 Å². The fourth-order valence-electron chi connectivity index (χ4n) is 3.59. The first-order valence-electron chi connectivity index (χ1n) is 8.43. The molecule has 2 nitrogen and oxygen atoms in total. The van der Waals surface area contributed by atoms with Crippen LogP contribution in [-0.2, 0) is 0 Å². The highest BCUT2D eigenvalue weighted by Gasteiger charge is 2.18. The van der Waals surface area contributed by atoms with Crippen molar-refractivity contribution in [2.45, 2.75) is 25.7 Å². The Kier molecular flexibility index (Phi) is 3.84. The minimum Gasteiger partial charge on any atom is -0.256 e. The van der Waals surface area contributed by atoms with E-state index in [1.807, 2.05) is 18.3 Å². The molecule has 2 heteroatoms. The summed E-state index contributed by atoms with van der Waals surface area (Å²) in [5.74, 6) is 0. The van der Waals surface area contributed by atoms with Crippen LogP contribution in [-0.4, -0.2) is 4.98 Å². The Bertz CT molecular complexity index is 954. The van der Waals surface area contributed by atoms with Crippen molar-refractivity contribution in [1.82, 2.24) is 4.98 Å². The standard InChI is InChI=1S/C22H18N2/c23-15-16-9-11-18(12-10-16)19-6-3-4-8-21(19)22-20-7-2-1-5-17(20)13-14-24-22/h1-2,5,7,9-14H,3-4,6,8H2. The number of allylic oxidation sites excluding steroid dienone is 2. The molecule has 0 fully saturated rings. The lowest BCUT2D eigenvalue weighted by atomic mass is 9.84. The first-order chi connectivity index (χ1) is 11.9. The van der Waals surface area contributed by atoms with Crippen molar-refractivity contribution >= 4 is 21.9 Å². The highest BCUT2D eigenvalue weighted by atomic mass is 14.7. The van der Waals surface area contributed by atoms with Crippen molar-refractivity contribution in [3.8, 4) is 6.07 Å². The second kappa shape index (κ2) is 6.29. The van der Waals surface area contributed by atoms with Gasteiger partial charge in [-0.2, -0.15) is 5.26 Å². The largest absolute Gasteiger partial charge is 0.256 e. The molecular weight excluding hydrogens is 292 g/mol. The maximum absolute atomic E-state index is 9.02. The van der Waals surface area contributed by atoms with Crippen molar-refractivity contribution in [2.24, 2.45) is 0 Å². The van der Waals surface area contributed by atoms with Gasteiger partial charge in [-0.05, 0) is 66.0 Å². The molecule has 0 saturated heterocycles. The van der Waals surface area contributed by atoms with E-state index in [-0.39, 0.29) is 0 Å². The summed E-state index contributed by atoms with van der Waals surface area (Å²) in [6.07, 6.45) is 6.47. The molecule has 2 aromatic carbocycles. The maximum atomic E-state index is 9.02. The molecule has 4 rings (SSSR count). The van der Waals surface area contributed by atoms with Gasteiger partial charge in [0.1, 0.15) is 0 Å². The van der Waals surface area contributed by atoms with Crippen LogP contribution in [0.25, 0.3) is 21.9 Å². The van der Waals surface area contributed by atoms with Gasteiger partial charge in [0, 0.05) is 11.6 Å². The molecule has 0 aliphatic heterocycles. The molecule has 116 valence electrons. The molecule has 1 heterocycles. The quantitative estimate of drug-likeness (QED) is 0.618. The average Bonchev–Trinajstić information content (AvgIpc) is 2.68. The van der Waals surface area contributed by atoms with E-state index in [1.165, 1.54) is 40.3 Å². The van der Waals surface area contributed by atoms with Gasteiger partial charge in [-0.3, -0.25) is 4.98 Å². The predicted molar refractivity (Wildman–Crippen MR) is 98.2 cm³/mol. The van der Waals surface area contributed by atoms with Crippen LogP contribution >= 0.6 is 0 Å². The summed E-state index contributed by atoms with van der Waals surface area (Å²) in [4.78, 5) is 4.73. The molecule has 0 bridgehead atoms. The Balaban J connectivity index is 1.91. The number of hydrogen-bond acceptors (Lipinski definition) is 2. The molecule has 1 aromatic heterocycles. The number of pyridine rings is 1. The van der Waals surface area contributed by atoms with E-state index < -0.39 is 0 Å². The summed E-state index contributed by atoms with van der Waals surface area (Å²) >= 11 is 0. The van der Waals surface area contributed by atoms with Crippen molar-refractivity contribution in [2.75, 3.05) is 0 Å². The molecule has 0 unspecified atom stereocenters. The van der Waals surface area contributed by atoms with Crippen molar-refractivity contribution in [3.05, 3.63) is 77.6 Å². The fourth-order valence-corrected chi connectivity index (χ4v) is 3.59. The number of hydrogen-bond donors (Lipinski definition) is 0. The van der Waals surface area contributed by atoms with Gasteiger partial charge < -0.3 is 0 Å². The Hall–Kier alpha value is -2.92. The molecule has 1 aliphatic carbocycles. The third-order valence-corrected chi connectivity index (χ3v) is 4.79. The number of nitrogens with zero attached hydrogens (tertiary/aromatic N) is 2. The number of benzene rings is 2. The number of aromatic nitrogens is 1. The van der Waals surface area contributed by atoms with Crippen LogP contribution < -0.4 is 0 Å². The molecule has 0 amide bonds. The third kappa shape index (κ3) is 2.59. The van der Waals surface area contributed by atoms with E-state index in [4.69, 9.17) is 10.2 Å². The lowest BCUT2D eigenvalue weighted by Gasteiger charge is -2.21. The Morgan fingerprint density at radius 2 is 1.58 bits per heavy atom. The molecule has 0 spiro atoms. The zero-order valence-electron chi connectivity index (χ0n) is 13.5. The van der Waals surface area contributed by atoms with Crippen LogP contribution in [0.1, 0.15) is 42.5 Å². The van der Waals surface area contributed by atoms with Gasteiger partial charge in [-0.25, -0.2) is 0 Å². The number of fused-ring (bicyclic) bond motifs is 1. The van der Waals surface area contributed by atoms with Crippen LogP contribution in [0.15, 0.2) is 60.8 Å². The molecule has 0 atom stereocenters. The Morgan fingerprint density at radius 3 is 2.38 bits per heavy atom. The topological polar surface area (TPSA) is 36.7 Å². The SMILES string of the molecule is N#Cc1ccc(C2=C(c3nccc4ccccc34)CCCC2)cc1. The van der Waals surface area contributed by atoms with Crippen molar-refractivity contribution < 1.29 is 0 Å². The fraction of sp³-hybridized carbons (Fsp3) is 0.182. The summed E-state index contributed by atoms with van der Waals surface area (Å²) in [5.41, 5.74) is 5.79. The Labute approximate surface area is 142 Å². The molecule has 0 saturated carbocycles. The molecule has 24 heavy (non-hydrogen) atoms. The van der Waals surface area contributed by atoms with Gasteiger partial charge >= 0.3 is 0 Å². The van der Waals surface area contributed by atoms with Gasteiger partial charge in [-0.1, -0.05) is 36.4 Å². The van der Waals surface area contributed by atoms with Gasteiger partial charge in [0.15, 0.2) is 0 Å². The molecule has 0 radical (unpaired) electrons. The highest BCUT2D eigenvalue weighted by molar-refractivity contribution is 6.00. The van der Waals surface area contributed by atoms with E-state index in [0.717, 1.165) is 18.5 Å². The lowest BCUT2D eigenvalue weighted by Crippen LogP contribution is -2.02. The highest BCUT2D eigenvalue weighted by Crippen LogP contribution is 2.39. The van der Waals surface area contributed by atoms with Crippen LogP contribution in [0.2, 0.25) is 0 Å². The van der Waals surface area contributed by atoms with Gasteiger partial charge in [-0.15, -0.1) is 0 Å². The van der Waals surface area contributed by atoms with Crippen LogP contribution in [0.4, 0.5) is 0 Å². The van der Waals surface area contributed by atoms with Crippen molar-refractivity contribution in [3.63, 3.8) is 0 Å². The maximum Gasteiger partial charge on any atom is 0.0991 e. The van der Waals surface area contributed by atoms with E-state index in [9.17, 15) is 0 Å². The van der Waals surface area contributed by atoms with E-state index in [0.29, 0.717) is 5.56 Å². The zero-order chi connectivity index (χ0) is 16.4. The minimum atomic E-state index is 0.708. The second-order valence-corrected chi connectivity index (χ2v) is 6.23. The average molecular weight is 310 g/mol. The number of rotatable bonds is 2. The van der Waals surface area contributed by atoms with Gasteiger partial charge in [0.2, 0.25) is 0 Å². The second-order valence-electron chi connectivity index (χ2n) is 6.23. The monoisotopic (exact) mass is 310 g/mol. The molecule has 1 aliphatic rings. The van der Waals surface area contributed by atoms with Crippen LogP contribution in [0.3, 0.4) is 0 Å². The molecule has 0 N–H and O–H groups in total. The molecular formula is C22H18N2. The van der Waals surface area contributed by atoms with Crippen LogP contribution in [0, 0.1) is 11.3 Å². The first-order valence-corrected chi connectivity index (χ1v) is 8.43. The number of nitriles is 1. The summed E-state index contributed by atoms with van der Waals surface area (Å²) in [6.45, 7) is 0. The smallest absolute Gasteiger partial charge is 0.0991 e. The Morgan fingerprint density at radius 1 is 0.833 bits per heavy atom. The van der Waals surface area contributed by atoms with E-state index in [2.05, 4.69) is 48.5 Å². The summed E-state index contributed by atoms with van der Waals surface area (Å²) < 4.78 is 0. The molecule has 3 aromatic rings. The third-order valence-electron chi connectivity index (χ3n) is 4.79. The predicted octanol–water partition coefficient (Wildman–Crippen LogP) is 5.59. The van der Waals surface area contributed by atoms with Crippen molar-refractivity contribution in [1.29, 1.82) is 5.26 Å². The van der Waals surface area contributed by atoms with Crippen LogP contribution in [0.5, 0.6) is 0 Å². The lowest BCUT2D eigenvalue weighted by molar-refractivity contribution is 0.751. The minimum absolute atomic E-state index is 0.708. The van der Waals surface area contributed by atoms with Gasteiger partial charge in [0.25, 0.3) is 0 Å². The summed E-state index contributed by atoms with van der Waals surface area (Å²) in [6, 6.07) is 20.7. The zero-order valence-corrected chi connectivity index (χ0v) is 13.5. The van der Waals surface area contributed by atoms with E-state index in [1.54, 1.807) is 0 Å². The normalized spacial score (nSPS) is 14.6. The summed E-state index contributed by atoms with van der Waals surface area (Å²) in [7, 11) is 0. The summed E-state index contributed by atoms with van der Waals surface area (Å²) in [5, 5.41) is 11.5.